The number of anilines is 1. The zero-order valence-electron chi connectivity index (χ0n) is 8.03. The summed E-state index contributed by atoms with van der Waals surface area (Å²) in [6.45, 7) is 2.10. The van der Waals surface area contributed by atoms with Crippen LogP contribution >= 0.6 is 11.3 Å². The Morgan fingerprint density at radius 1 is 1.31 bits per heavy atom. The van der Waals surface area contributed by atoms with E-state index in [1.54, 1.807) is 11.3 Å². The topological polar surface area (TPSA) is 16.1 Å². The normalized spacial score (nSPS) is 10.7. The molecule has 0 saturated heterocycles. The summed E-state index contributed by atoms with van der Waals surface area (Å²) in [4.78, 5) is 6.60. The number of rotatable bonds is 1. The van der Waals surface area contributed by atoms with Crippen LogP contribution in [0.1, 0.15) is 5.56 Å². The van der Waals surface area contributed by atoms with Gasteiger partial charge in [-0.15, -0.1) is 0 Å². The maximum Gasteiger partial charge on any atom is 0.185 e. The van der Waals surface area contributed by atoms with Gasteiger partial charge in [-0.2, -0.15) is 0 Å². The van der Waals surface area contributed by atoms with E-state index in [1.165, 1.54) is 10.3 Å². The average molecular weight is 192 g/mol. The molecule has 0 atom stereocenters. The predicted molar refractivity (Wildman–Crippen MR) is 58.7 cm³/mol. The van der Waals surface area contributed by atoms with E-state index in [1.807, 2.05) is 19.0 Å². The highest BCUT2D eigenvalue weighted by Crippen LogP contribution is 2.28. The maximum atomic E-state index is 4.56. The number of nitrogens with zero attached hydrogens (tertiary/aromatic N) is 2. The van der Waals surface area contributed by atoms with Crippen LogP contribution in [0.15, 0.2) is 18.2 Å². The van der Waals surface area contributed by atoms with Crippen LogP contribution in [-0.2, 0) is 0 Å². The summed E-state index contributed by atoms with van der Waals surface area (Å²) in [6, 6.07) is 6.30. The van der Waals surface area contributed by atoms with Crippen LogP contribution in [0.25, 0.3) is 10.2 Å². The van der Waals surface area contributed by atoms with Gasteiger partial charge >= 0.3 is 0 Å². The summed E-state index contributed by atoms with van der Waals surface area (Å²) in [7, 11) is 4.04. The van der Waals surface area contributed by atoms with E-state index in [9.17, 15) is 0 Å². The lowest BCUT2D eigenvalue weighted by Gasteiger charge is -2.04. The molecule has 0 spiro atoms. The number of benzene rings is 1. The standard InChI is InChI=1S/C10H12N2S/c1-7-5-4-6-8-9(7)11-10(13-8)12(2)3/h4-6H,1-3H3. The van der Waals surface area contributed by atoms with E-state index in [2.05, 4.69) is 30.1 Å². The minimum atomic E-state index is 1.07. The van der Waals surface area contributed by atoms with Crippen LogP contribution < -0.4 is 4.90 Å². The molecule has 0 fully saturated rings. The summed E-state index contributed by atoms with van der Waals surface area (Å²) in [5.41, 5.74) is 2.39. The van der Waals surface area contributed by atoms with Crippen LogP contribution in [0, 0.1) is 6.92 Å². The number of aryl methyl sites for hydroxylation is 1. The first kappa shape index (κ1) is 8.51. The van der Waals surface area contributed by atoms with Gasteiger partial charge in [0.15, 0.2) is 5.13 Å². The Balaban J connectivity index is 2.68. The number of aromatic nitrogens is 1. The number of hydrogen-bond acceptors (Lipinski definition) is 3. The quantitative estimate of drug-likeness (QED) is 0.690. The summed E-state index contributed by atoms with van der Waals surface area (Å²) in [6.07, 6.45) is 0. The molecule has 0 aliphatic heterocycles. The average Bonchev–Trinajstić information content (AvgIpc) is 2.49. The smallest absolute Gasteiger partial charge is 0.185 e. The first-order chi connectivity index (χ1) is 6.18. The number of fused-ring (bicyclic) bond motifs is 1. The van der Waals surface area contributed by atoms with E-state index in [-0.39, 0.29) is 0 Å². The Hall–Kier alpha value is -1.09. The van der Waals surface area contributed by atoms with Crippen molar-refractivity contribution in [2.45, 2.75) is 6.92 Å². The molecule has 0 aliphatic rings. The van der Waals surface area contributed by atoms with Gasteiger partial charge in [0, 0.05) is 14.1 Å². The zero-order chi connectivity index (χ0) is 9.42. The summed E-state index contributed by atoms with van der Waals surface area (Å²) in [5.74, 6) is 0. The lowest BCUT2D eigenvalue weighted by molar-refractivity contribution is 1.11. The fourth-order valence-electron chi connectivity index (χ4n) is 1.27. The molecule has 2 aromatic rings. The molecule has 2 rings (SSSR count). The summed E-state index contributed by atoms with van der Waals surface area (Å²) >= 11 is 1.73. The Labute approximate surface area is 81.8 Å². The molecule has 0 saturated carbocycles. The second-order valence-corrected chi connectivity index (χ2v) is 4.32. The van der Waals surface area contributed by atoms with Crippen molar-refractivity contribution in [1.82, 2.24) is 4.98 Å². The van der Waals surface area contributed by atoms with Gasteiger partial charge in [-0.1, -0.05) is 23.5 Å². The van der Waals surface area contributed by atoms with Gasteiger partial charge in [-0.25, -0.2) is 4.98 Å². The van der Waals surface area contributed by atoms with Crippen molar-refractivity contribution in [2.24, 2.45) is 0 Å². The molecule has 1 aromatic carbocycles. The first-order valence-electron chi connectivity index (χ1n) is 4.22. The predicted octanol–water partition coefficient (Wildman–Crippen LogP) is 2.67. The monoisotopic (exact) mass is 192 g/mol. The Kier molecular flexibility index (Phi) is 1.96. The van der Waals surface area contributed by atoms with Crippen LogP contribution in [0.2, 0.25) is 0 Å². The molecular weight excluding hydrogens is 180 g/mol. The molecule has 68 valence electrons. The molecule has 3 heteroatoms. The molecule has 0 N–H and O–H groups in total. The largest absolute Gasteiger partial charge is 0.354 e. The highest BCUT2D eigenvalue weighted by atomic mass is 32.1. The van der Waals surface area contributed by atoms with Crippen LogP contribution in [0.5, 0.6) is 0 Å². The van der Waals surface area contributed by atoms with Gasteiger partial charge < -0.3 is 4.90 Å². The lowest BCUT2D eigenvalue weighted by Crippen LogP contribution is -2.07. The molecule has 1 heterocycles. The van der Waals surface area contributed by atoms with Crippen LogP contribution in [0.4, 0.5) is 5.13 Å². The van der Waals surface area contributed by atoms with Crippen LogP contribution in [0.3, 0.4) is 0 Å². The molecule has 13 heavy (non-hydrogen) atoms. The van der Waals surface area contributed by atoms with Crippen molar-refractivity contribution in [2.75, 3.05) is 19.0 Å². The summed E-state index contributed by atoms with van der Waals surface area (Å²) < 4.78 is 1.27. The van der Waals surface area contributed by atoms with Crippen molar-refractivity contribution in [3.63, 3.8) is 0 Å². The van der Waals surface area contributed by atoms with E-state index in [4.69, 9.17) is 0 Å². The number of thiazole rings is 1. The summed E-state index contributed by atoms with van der Waals surface area (Å²) in [5, 5.41) is 1.07. The number of hydrogen-bond donors (Lipinski definition) is 0. The third-order valence-corrected chi connectivity index (χ3v) is 3.18. The SMILES string of the molecule is Cc1cccc2sc(N(C)C)nc12. The van der Waals surface area contributed by atoms with Gasteiger partial charge in [-0.3, -0.25) is 0 Å². The van der Waals surface area contributed by atoms with Gasteiger partial charge in [0.25, 0.3) is 0 Å². The highest BCUT2D eigenvalue weighted by Gasteiger charge is 2.05. The second-order valence-electron chi connectivity index (χ2n) is 3.31. The third kappa shape index (κ3) is 1.40. The van der Waals surface area contributed by atoms with Gasteiger partial charge in [-0.05, 0) is 18.6 Å². The van der Waals surface area contributed by atoms with Gasteiger partial charge in [0.2, 0.25) is 0 Å². The zero-order valence-corrected chi connectivity index (χ0v) is 8.85. The molecule has 0 radical (unpaired) electrons. The first-order valence-corrected chi connectivity index (χ1v) is 5.03. The highest BCUT2D eigenvalue weighted by molar-refractivity contribution is 7.22. The van der Waals surface area contributed by atoms with Crippen LogP contribution in [-0.4, -0.2) is 19.1 Å². The maximum absolute atomic E-state index is 4.56. The van der Waals surface area contributed by atoms with Crippen molar-refractivity contribution < 1.29 is 0 Å². The lowest BCUT2D eigenvalue weighted by atomic mass is 10.2. The van der Waals surface area contributed by atoms with Crippen molar-refractivity contribution in [3.05, 3.63) is 23.8 Å². The molecular formula is C10H12N2S. The number of para-hydroxylation sites is 1. The van der Waals surface area contributed by atoms with Crippen molar-refractivity contribution in [1.29, 1.82) is 0 Å². The molecule has 2 nitrogen and oxygen atoms in total. The minimum absolute atomic E-state index is 1.07. The van der Waals surface area contributed by atoms with Gasteiger partial charge in [0.1, 0.15) is 0 Å². The van der Waals surface area contributed by atoms with Crippen molar-refractivity contribution in [3.8, 4) is 0 Å². The molecule has 0 aliphatic carbocycles. The van der Waals surface area contributed by atoms with Gasteiger partial charge in [0.05, 0.1) is 10.2 Å². The molecule has 1 aromatic heterocycles. The molecule has 0 amide bonds. The fourth-order valence-corrected chi connectivity index (χ4v) is 2.23. The van der Waals surface area contributed by atoms with Crippen molar-refractivity contribution >= 4 is 26.7 Å². The van der Waals surface area contributed by atoms with E-state index < -0.39 is 0 Å². The van der Waals surface area contributed by atoms with E-state index in [0.717, 1.165) is 10.6 Å². The molecule has 0 bridgehead atoms. The second kappa shape index (κ2) is 3.00. The van der Waals surface area contributed by atoms with E-state index in [0.29, 0.717) is 0 Å². The van der Waals surface area contributed by atoms with E-state index >= 15 is 0 Å². The minimum Gasteiger partial charge on any atom is -0.354 e. The third-order valence-electron chi connectivity index (χ3n) is 1.99. The fraction of sp³-hybridized carbons (Fsp3) is 0.300. The Bertz CT molecular complexity index is 431. The Morgan fingerprint density at radius 2 is 2.08 bits per heavy atom. The Morgan fingerprint density at radius 3 is 2.69 bits per heavy atom. The molecule has 0 unspecified atom stereocenters.